The van der Waals surface area contributed by atoms with Gasteiger partial charge in [-0.1, -0.05) is 46.2 Å². The minimum absolute atomic E-state index is 0.360. The van der Waals surface area contributed by atoms with Crippen LogP contribution in [0.1, 0.15) is 47.2 Å². The van der Waals surface area contributed by atoms with Gasteiger partial charge in [0.25, 0.3) is 5.19 Å². The molecule has 0 aliphatic heterocycles. The minimum Gasteiger partial charge on any atom is -0.464 e. The number of nitrogens with zero attached hydrogens (tertiary/aromatic N) is 3. The van der Waals surface area contributed by atoms with Crippen LogP contribution in [0.15, 0.2) is 42.6 Å². The fraction of sp³-hybridized carbons (Fsp3) is 0.238. The number of nitrogens with two attached hydrogens (primary N) is 1. The van der Waals surface area contributed by atoms with Crippen LogP contribution in [0.5, 0.6) is 5.19 Å². The lowest BCUT2D eigenvalue weighted by atomic mass is 9.89. The van der Waals surface area contributed by atoms with Gasteiger partial charge in [0.15, 0.2) is 5.01 Å². The number of hydrogen-bond acceptors (Lipinski definition) is 6. The predicted octanol–water partition coefficient (Wildman–Crippen LogP) is 4.89. The lowest BCUT2D eigenvalue weighted by Gasteiger charge is -2.17. The summed E-state index contributed by atoms with van der Waals surface area (Å²) in [4.78, 5) is 16.5. The topological polar surface area (TPSA) is 91.0 Å². The molecule has 1 aliphatic carbocycles. The molecule has 1 aliphatic rings. The van der Waals surface area contributed by atoms with Crippen molar-refractivity contribution in [1.82, 2.24) is 15.2 Å². The van der Waals surface area contributed by atoms with Crippen LogP contribution >= 0.6 is 22.9 Å². The van der Waals surface area contributed by atoms with Crippen molar-refractivity contribution in [3.63, 3.8) is 0 Å². The lowest BCUT2D eigenvalue weighted by molar-refractivity contribution is 0.1000. The minimum atomic E-state index is -0.473. The van der Waals surface area contributed by atoms with Gasteiger partial charge in [-0.15, -0.1) is 5.10 Å². The summed E-state index contributed by atoms with van der Waals surface area (Å²) < 4.78 is 5.76. The summed E-state index contributed by atoms with van der Waals surface area (Å²) >= 11 is 7.20. The van der Waals surface area contributed by atoms with Crippen LogP contribution in [-0.4, -0.2) is 21.1 Å². The van der Waals surface area contributed by atoms with E-state index in [2.05, 4.69) is 21.3 Å². The van der Waals surface area contributed by atoms with E-state index >= 15 is 0 Å². The second-order valence-electron chi connectivity index (χ2n) is 6.71. The third-order valence-electron chi connectivity index (χ3n) is 4.71. The predicted molar refractivity (Wildman–Crippen MR) is 114 cm³/mol. The maximum atomic E-state index is 12.0. The first kappa shape index (κ1) is 19.5. The maximum absolute atomic E-state index is 12.0. The number of aromatic nitrogens is 3. The standard InChI is InChI=1S/C21H19ClN4O2S/c22-15-8-6-13(7-9-15)12-28-21-26-25-20(29-21)18-17(14-4-2-1-3-5-14)16(19(23)27)10-11-24-18/h4,6-11H,1-3,5,12H2,(H2,23,27). The van der Waals surface area contributed by atoms with Gasteiger partial charge < -0.3 is 10.5 Å². The first-order valence-corrected chi connectivity index (χ1v) is 10.5. The number of halogens is 1. The average molecular weight is 427 g/mol. The van der Waals surface area contributed by atoms with Crippen molar-refractivity contribution in [2.24, 2.45) is 5.73 Å². The summed E-state index contributed by atoms with van der Waals surface area (Å²) in [5, 5.41) is 10.1. The number of hydrogen-bond donors (Lipinski definition) is 1. The van der Waals surface area contributed by atoms with Crippen molar-refractivity contribution in [3.05, 3.63) is 64.3 Å². The van der Waals surface area contributed by atoms with Crippen LogP contribution in [0, 0.1) is 0 Å². The Balaban J connectivity index is 1.63. The van der Waals surface area contributed by atoms with Crippen molar-refractivity contribution in [2.75, 3.05) is 0 Å². The Morgan fingerprint density at radius 1 is 1.17 bits per heavy atom. The molecule has 148 valence electrons. The summed E-state index contributed by atoms with van der Waals surface area (Å²) in [5.41, 5.74) is 9.55. The first-order chi connectivity index (χ1) is 14.1. The molecule has 8 heteroatoms. The maximum Gasteiger partial charge on any atom is 0.294 e. The summed E-state index contributed by atoms with van der Waals surface area (Å²) in [5.74, 6) is -0.473. The van der Waals surface area contributed by atoms with Crippen molar-refractivity contribution in [2.45, 2.75) is 32.3 Å². The Morgan fingerprint density at radius 2 is 2.00 bits per heavy atom. The van der Waals surface area contributed by atoms with Gasteiger partial charge in [0.1, 0.15) is 12.3 Å². The Morgan fingerprint density at radius 3 is 2.72 bits per heavy atom. The van der Waals surface area contributed by atoms with Gasteiger partial charge in [-0.25, -0.2) is 0 Å². The highest BCUT2D eigenvalue weighted by molar-refractivity contribution is 7.16. The first-order valence-electron chi connectivity index (χ1n) is 9.31. The number of amides is 1. The molecule has 0 atom stereocenters. The van der Waals surface area contributed by atoms with Gasteiger partial charge in [0.2, 0.25) is 5.91 Å². The number of carbonyl (C=O) groups excluding carboxylic acids is 1. The van der Waals surface area contributed by atoms with Crippen LogP contribution in [0.4, 0.5) is 0 Å². The molecule has 29 heavy (non-hydrogen) atoms. The Labute approximate surface area is 177 Å². The normalized spacial score (nSPS) is 13.8. The number of primary amides is 1. The van der Waals surface area contributed by atoms with E-state index in [-0.39, 0.29) is 0 Å². The van der Waals surface area contributed by atoms with Crippen molar-refractivity contribution in [3.8, 4) is 15.9 Å². The molecule has 0 saturated heterocycles. The summed E-state index contributed by atoms with van der Waals surface area (Å²) in [6.07, 6.45) is 7.83. The lowest BCUT2D eigenvalue weighted by Crippen LogP contribution is -2.15. The molecule has 0 unspecified atom stereocenters. The van der Waals surface area contributed by atoms with Crippen LogP contribution in [0.3, 0.4) is 0 Å². The van der Waals surface area contributed by atoms with E-state index in [4.69, 9.17) is 22.1 Å². The highest BCUT2D eigenvalue weighted by Gasteiger charge is 2.22. The fourth-order valence-electron chi connectivity index (χ4n) is 3.31. The summed E-state index contributed by atoms with van der Waals surface area (Å²) in [6, 6.07) is 9.09. The Kier molecular flexibility index (Phi) is 5.87. The van der Waals surface area contributed by atoms with Crippen molar-refractivity contribution in [1.29, 1.82) is 0 Å². The van der Waals surface area contributed by atoms with E-state index in [1.54, 1.807) is 12.3 Å². The summed E-state index contributed by atoms with van der Waals surface area (Å²) in [7, 11) is 0. The molecule has 0 saturated carbocycles. The second-order valence-corrected chi connectivity index (χ2v) is 8.09. The second kappa shape index (κ2) is 8.71. The number of rotatable bonds is 6. The Hall–Kier alpha value is -2.77. The van der Waals surface area contributed by atoms with Gasteiger partial charge in [-0.3, -0.25) is 9.78 Å². The SMILES string of the molecule is NC(=O)c1ccnc(-c2nnc(OCc3ccc(Cl)cc3)s2)c1C1=CCCCC1. The molecule has 6 nitrogen and oxygen atoms in total. The van der Waals surface area contributed by atoms with E-state index < -0.39 is 5.91 Å². The van der Waals surface area contributed by atoms with Gasteiger partial charge in [-0.05, 0) is 55.0 Å². The molecule has 1 aromatic carbocycles. The number of carbonyl (C=O) groups is 1. The molecule has 2 aromatic heterocycles. The van der Waals surface area contributed by atoms with Gasteiger partial charge in [-0.2, -0.15) is 0 Å². The molecule has 1 amide bonds. The van der Waals surface area contributed by atoms with E-state index in [1.807, 2.05) is 24.3 Å². The van der Waals surface area contributed by atoms with Crippen LogP contribution in [0.25, 0.3) is 16.3 Å². The molecular weight excluding hydrogens is 408 g/mol. The molecular formula is C21H19ClN4O2S. The Bertz CT molecular complexity index is 1060. The molecule has 0 bridgehead atoms. The van der Waals surface area contributed by atoms with Gasteiger partial charge >= 0.3 is 0 Å². The average Bonchev–Trinajstić information content (AvgIpc) is 3.22. The molecule has 4 rings (SSSR count). The highest BCUT2D eigenvalue weighted by atomic mass is 35.5. The highest BCUT2D eigenvalue weighted by Crippen LogP contribution is 2.37. The molecule has 3 aromatic rings. The van der Waals surface area contributed by atoms with Crippen LogP contribution < -0.4 is 10.5 Å². The molecule has 0 fully saturated rings. The van der Waals surface area contributed by atoms with Gasteiger partial charge in [0, 0.05) is 16.8 Å². The number of benzene rings is 1. The molecule has 0 spiro atoms. The summed E-state index contributed by atoms with van der Waals surface area (Å²) in [6.45, 7) is 0.360. The molecule has 2 heterocycles. The van der Waals surface area contributed by atoms with Gasteiger partial charge in [0.05, 0.1) is 5.56 Å². The third kappa shape index (κ3) is 4.46. The van der Waals surface area contributed by atoms with Crippen LogP contribution in [-0.2, 0) is 6.61 Å². The van der Waals surface area contributed by atoms with E-state index in [0.717, 1.165) is 42.4 Å². The molecule has 2 N–H and O–H groups in total. The smallest absolute Gasteiger partial charge is 0.294 e. The van der Waals surface area contributed by atoms with E-state index in [1.165, 1.54) is 11.3 Å². The van der Waals surface area contributed by atoms with Crippen LogP contribution in [0.2, 0.25) is 5.02 Å². The van der Waals surface area contributed by atoms with E-state index in [0.29, 0.717) is 33.1 Å². The number of ether oxygens (including phenoxy) is 1. The fourth-order valence-corrected chi connectivity index (χ4v) is 4.13. The van der Waals surface area contributed by atoms with Crippen molar-refractivity contribution >= 4 is 34.4 Å². The monoisotopic (exact) mass is 426 g/mol. The zero-order chi connectivity index (χ0) is 20.2. The zero-order valence-corrected chi connectivity index (χ0v) is 17.2. The number of allylic oxidation sites excluding steroid dienone is 2. The zero-order valence-electron chi connectivity index (χ0n) is 15.6. The van der Waals surface area contributed by atoms with E-state index in [9.17, 15) is 4.79 Å². The molecule has 0 radical (unpaired) electrons. The third-order valence-corrected chi connectivity index (χ3v) is 5.81. The largest absolute Gasteiger partial charge is 0.464 e. The number of pyridine rings is 1. The quantitative estimate of drug-likeness (QED) is 0.606. The van der Waals surface area contributed by atoms with Crippen molar-refractivity contribution < 1.29 is 9.53 Å².